The van der Waals surface area contributed by atoms with Crippen LogP contribution in [0.5, 0.6) is 0 Å². The second kappa shape index (κ2) is 12.6. The molecule has 1 aromatic carbocycles. The maximum atomic E-state index is 15.6. The molecule has 1 atom stereocenters. The van der Waals surface area contributed by atoms with Gasteiger partial charge in [-0.3, -0.25) is 4.84 Å². The summed E-state index contributed by atoms with van der Waals surface area (Å²) >= 11 is 0. The van der Waals surface area contributed by atoms with Crippen LogP contribution in [0.4, 0.5) is 14.9 Å². The Kier molecular flexibility index (Phi) is 10.1. The minimum Gasteiger partial charge on any atom is -0.433 e. The second-order valence-electron chi connectivity index (χ2n) is 13.2. The molecule has 224 valence electrons. The monoisotopic (exact) mass is 594 g/mol. The predicted octanol–water partition coefficient (Wildman–Crippen LogP) is 6.49. The van der Waals surface area contributed by atoms with Gasteiger partial charge in [-0.05, 0) is 43.6 Å². The molecule has 40 heavy (non-hydrogen) atoms. The largest absolute Gasteiger partial charge is 0.535 e. The van der Waals surface area contributed by atoms with Crippen LogP contribution in [-0.4, -0.2) is 65.4 Å². The number of nitrogens with zero attached hydrogens (tertiary/aromatic N) is 3. The Bertz CT molecular complexity index is 1220. The Morgan fingerprint density at radius 3 is 2.52 bits per heavy atom. The number of carbonyl (C=O) groups excluding carboxylic acids is 1. The van der Waals surface area contributed by atoms with E-state index < -0.39 is 22.5 Å². The average Bonchev–Trinajstić information content (AvgIpc) is 3.42. The van der Waals surface area contributed by atoms with Crippen LogP contribution in [0.1, 0.15) is 39.7 Å². The zero-order valence-electron chi connectivity index (χ0n) is 25.6. The third kappa shape index (κ3) is 8.08. The third-order valence-corrected chi connectivity index (χ3v) is 13.9. The first-order chi connectivity index (χ1) is 18.5. The van der Waals surface area contributed by atoms with Crippen molar-refractivity contribution < 1.29 is 27.9 Å². The first kappa shape index (κ1) is 32.1. The van der Waals surface area contributed by atoms with Crippen LogP contribution in [0.3, 0.4) is 0 Å². The Labute approximate surface area is 239 Å². The highest BCUT2D eigenvalue weighted by atomic mass is 28.4. The Balaban J connectivity index is 1.91. The van der Waals surface area contributed by atoms with Crippen LogP contribution in [0.15, 0.2) is 23.5 Å². The molecule has 0 aliphatic carbocycles. The lowest BCUT2D eigenvalue weighted by molar-refractivity contribution is 0.0612. The summed E-state index contributed by atoms with van der Waals surface area (Å²) in [6.07, 6.45) is 1.69. The maximum Gasteiger partial charge on any atom is 0.535 e. The fourth-order valence-electron chi connectivity index (χ4n) is 4.31. The minimum absolute atomic E-state index is 0.0166. The van der Waals surface area contributed by atoms with E-state index in [1.807, 2.05) is 9.47 Å². The number of anilines is 1. The van der Waals surface area contributed by atoms with Gasteiger partial charge >= 0.3 is 6.16 Å². The summed E-state index contributed by atoms with van der Waals surface area (Å²) in [6, 6.07) is 4.32. The van der Waals surface area contributed by atoms with E-state index in [-0.39, 0.29) is 36.1 Å². The third-order valence-electron chi connectivity index (χ3n) is 7.69. The molecule has 2 N–H and O–H groups in total. The quantitative estimate of drug-likeness (QED) is 0.0604. The normalized spacial score (nSPS) is 17.1. The van der Waals surface area contributed by atoms with Gasteiger partial charge in [-0.2, -0.15) is 0 Å². The van der Waals surface area contributed by atoms with E-state index in [0.29, 0.717) is 41.9 Å². The number of aromatic nitrogens is 1. The molecule has 0 saturated carbocycles. The van der Waals surface area contributed by atoms with Crippen molar-refractivity contribution in [2.75, 3.05) is 31.2 Å². The van der Waals surface area contributed by atoms with E-state index in [2.05, 4.69) is 58.7 Å². The number of benzene rings is 1. The Morgan fingerprint density at radius 2 is 1.90 bits per heavy atom. The van der Waals surface area contributed by atoms with Gasteiger partial charge in [0, 0.05) is 51.0 Å². The van der Waals surface area contributed by atoms with Gasteiger partial charge in [0.05, 0.1) is 23.9 Å². The van der Waals surface area contributed by atoms with Gasteiger partial charge in [0.15, 0.2) is 14.2 Å². The SMILES string of the molecule is CCOC(=O)ON=C(N)c1cn(COCC[Si](C)(C)C)c2cc(F)c(N3CCC(O[Si](C)(C)C(C)(C)C)C3)cc12. The van der Waals surface area contributed by atoms with Crippen LogP contribution >= 0.6 is 0 Å². The molecular formula is C28H47FN4O5Si2. The molecule has 3 rings (SSSR count). The number of amidine groups is 1. The number of hydrogen-bond donors (Lipinski definition) is 1. The van der Waals surface area contributed by atoms with Crippen LogP contribution in [0.2, 0.25) is 43.8 Å². The zero-order chi connectivity index (χ0) is 29.9. The van der Waals surface area contributed by atoms with Gasteiger partial charge in [0.1, 0.15) is 12.5 Å². The van der Waals surface area contributed by atoms with Crippen molar-refractivity contribution >= 4 is 45.0 Å². The molecule has 1 aliphatic heterocycles. The lowest BCUT2D eigenvalue weighted by Gasteiger charge is -2.38. The number of carbonyl (C=O) groups is 1. The number of rotatable bonds is 11. The number of fused-ring (bicyclic) bond motifs is 1. The molecule has 1 unspecified atom stereocenters. The van der Waals surface area contributed by atoms with Crippen molar-refractivity contribution in [3.8, 4) is 0 Å². The van der Waals surface area contributed by atoms with E-state index in [1.165, 1.54) is 6.07 Å². The lowest BCUT2D eigenvalue weighted by atomic mass is 10.1. The highest BCUT2D eigenvalue weighted by molar-refractivity contribution is 6.76. The first-order valence-electron chi connectivity index (χ1n) is 14.0. The van der Waals surface area contributed by atoms with Crippen molar-refractivity contribution in [1.82, 2.24) is 4.57 Å². The van der Waals surface area contributed by atoms with Crippen LogP contribution in [0, 0.1) is 5.82 Å². The summed E-state index contributed by atoms with van der Waals surface area (Å²) in [4.78, 5) is 18.5. The van der Waals surface area contributed by atoms with E-state index >= 15 is 4.39 Å². The zero-order valence-corrected chi connectivity index (χ0v) is 27.6. The molecule has 0 spiro atoms. The fraction of sp³-hybridized carbons (Fsp3) is 0.643. The lowest BCUT2D eigenvalue weighted by Crippen LogP contribution is -2.44. The number of hydrogen-bond acceptors (Lipinski definition) is 7. The molecule has 1 saturated heterocycles. The van der Waals surface area contributed by atoms with Gasteiger partial charge in [-0.15, -0.1) is 0 Å². The predicted molar refractivity (Wildman–Crippen MR) is 164 cm³/mol. The van der Waals surface area contributed by atoms with E-state index in [9.17, 15) is 4.79 Å². The van der Waals surface area contributed by atoms with E-state index in [4.69, 9.17) is 24.5 Å². The Morgan fingerprint density at radius 1 is 1.20 bits per heavy atom. The number of ether oxygens (including phenoxy) is 2. The van der Waals surface area contributed by atoms with Crippen molar-refractivity contribution in [2.24, 2.45) is 10.9 Å². The molecule has 2 heterocycles. The summed E-state index contributed by atoms with van der Waals surface area (Å²) in [5, 5.41) is 4.57. The smallest absolute Gasteiger partial charge is 0.433 e. The average molecular weight is 595 g/mol. The Hall–Kier alpha value is -2.42. The summed E-state index contributed by atoms with van der Waals surface area (Å²) in [6.45, 7) is 22.0. The second-order valence-corrected chi connectivity index (χ2v) is 23.5. The number of halogens is 1. The standard InChI is InChI=1S/C28H47FN4O5Si2/c1-10-36-27(34)37-31-26(30)22-18-33(19-35-13-14-39(5,6)7)24-16-23(29)25(15-21(22)24)32-12-11-20(17-32)38-40(8,9)28(2,3)4/h15-16,18,20H,10-14,17,19H2,1-9H3,(H2,30,31). The fourth-order valence-corrected chi connectivity index (χ4v) is 6.45. The topological polar surface area (TPSA) is 101 Å². The molecule has 0 radical (unpaired) electrons. The molecule has 9 nitrogen and oxygen atoms in total. The van der Waals surface area contributed by atoms with Crippen molar-refractivity contribution in [3.05, 3.63) is 29.7 Å². The molecule has 1 aromatic heterocycles. The minimum atomic E-state index is -1.95. The molecule has 0 bridgehead atoms. The van der Waals surface area contributed by atoms with E-state index in [0.717, 1.165) is 12.5 Å². The van der Waals surface area contributed by atoms with Crippen molar-refractivity contribution in [3.63, 3.8) is 0 Å². The van der Waals surface area contributed by atoms with E-state index in [1.54, 1.807) is 19.2 Å². The molecule has 12 heteroatoms. The summed E-state index contributed by atoms with van der Waals surface area (Å²) in [7, 11) is -3.21. The van der Waals surface area contributed by atoms with Crippen molar-refractivity contribution in [2.45, 2.75) is 90.8 Å². The number of nitrogens with two attached hydrogens (primary N) is 1. The van der Waals surface area contributed by atoms with Gasteiger partial charge in [-0.1, -0.05) is 45.6 Å². The highest BCUT2D eigenvalue weighted by Gasteiger charge is 2.40. The van der Waals surface area contributed by atoms with Crippen LogP contribution in [0.25, 0.3) is 10.9 Å². The van der Waals surface area contributed by atoms with Gasteiger partial charge in [0.25, 0.3) is 0 Å². The molecule has 0 amide bonds. The molecule has 2 aromatic rings. The van der Waals surface area contributed by atoms with Crippen LogP contribution < -0.4 is 10.6 Å². The summed E-state index contributed by atoms with van der Waals surface area (Å²) < 4.78 is 34.8. The van der Waals surface area contributed by atoms with Crippen LogP contribution in [-0.2, 0) is 25.5 Å². The summed E-state index contributed by atoms with van der Waals surface area (Å²) in [5.41, 5.74) is 7.86. The van der Waals surface area contributed by atoms with Gasteiger partial charge < -0.3 is 29.1 Å². The first-order valence-corrected chi connectivity index (χ1v) is 20.6. The number of oxime groups is 1. The maximum absolute atomic E-state index is 15.6. The van der Waals surface area contributed by atoms with Gasteiger partial charge in [0.2, 0.25) is 0 Å². The van der Waals surface area contributed by atoms with Gasteiger partial charge in [-0.25, -0.2) is 9.18 Å². The molecule has 1 aliphatic rings. The molecule has 1 fully saturated rings. The highest BCUT2D eigenvalue weighted by Crippen LogP contribution is 2.39. The van der Waals surface area contributed by atoms with Crippen molar-refractivity contribution in [1.29, 1.82) is 0 Å². The molecular weight excluding hydrogens is 548 g/mol. The summed E-state index contributed by atoms with van der Waals surface area (Å²) in [5.74, 6) is -0.344.